The maximum Gasteiger partial charge on any atom is 0.673 e. The predicted octanol–water partition coefficient (Wildman–Crippen LogP) is 9.15. The Balaban J connectivity index is 0.000000623. The van der Waals surface area contributed by atoms with Gasteiger partial charge in [0, 0.05) is 11.6 Å². The Labute approximate surface area is 202 Å². The van der Waals surface area contributed by atoms with Gasteiger partial charge in [-0.05, 0) is 47.4 Å². The minimum absolute atomic E-state index is 0.836. The smallest absolute Gasteiger partial charge is 0.497 e. The Morgan fingerprint density at radius 3 is 1.83 bits per heavy atom. The summed E-state index contributed by atoms with van der Waals surface area (Å²) in [6, 6.07) is 33.0. The molecule has 7 heteroatoms. The summed E-state index contributed by atoms with van der Waals surface area (Å²) in [5, 5.41) is 0. The van der Waals surface area contributed by atoms with Crippen molar-refractivity contribution >= 4 is 18.9 Å². The molecular formula is C28H25BF4O2. The lowest BCUT2D eigenvalue weighted by Gasteiger charge is -2.06. The maximum absolute atomic E-state index is 9.75. The van der Waals surface area contributed by atoms with Crippen LogP contribution in [0.2, 0.25) is 0 Å². The molecule has 0 aliphatic carbocycles. The Morgan fingerprint density at radius 2 is 1.31 bits per heavy atom. The minimum atomic E-state index is -6.00. The van der Waals surface area contributed by atoms with Crippen molar-refractivity contribution in [3.63, 3.8) is 0 Å². The first-order valence-corrected chi connectivity index (χ1v) is 11.1. The third-order valence-corrected chi connectivity index (χ3v) is 5.14. The molecule has 1 heterocycles. The lowest BCUT2D eigenvalue weighted by molar-refractivity contribution is 0.368. The molecule has 0 radical (unpaired) electrons. The summed E-state index contributed by atoms with van der Waals surface area (Å²) < 4.78 is 50.6. The second kappa shape index (κ2) is 12.0. The molecule has 0 fully saturated rings. The van der Waals surface area contributed by atoms with Crippen molar-refractivity contribution in [2.24, 2.45) is 0 Å². The first-order valence-electron chi connectivity index (χ1n) is 11.1. The molecule has 180 valence electrons. The fraction of sp³-hybridized carbons (Fsp3) is 0.107. The quantitative estimate of drug-likeness (QED) is 0.156. The molecule has 0 bridgehead atoms. The molecule has 1 aromatic heterocycles. The Morgan fingerprint density at radius 1 is 0.771 bits per heavy atom. The summed E-state index contributed by atoms with van der Waals surface area (Å²) in [7, 11) is -4.31. The third-order valence-electron chi connectivity index (χ3n) is 5.14. The summed E-state index contributed by atoms with van der Waals surface area (Å²) in [4.78, 5) is 0. The number of hydrogen-bond donors (Lipinski definition) is 0. The molecule has 0 unspecified atom stereocenters. The fourth-order valence-electron chi connectivity index (χ4n) is 3.50. The van der Waals surface area contributed by atoms with E-state index in [0.717, 1.165) is 34.8 Å². The van der Waals surface area contributed by atoms with Crippen molar-refractivity contribution in [2.45, 2.75) is 13.3 Å². The van der Waals surface area contributed by atoms with Gasteiger partial charge in [0.05, 0.1) is 24.8 Å². The van der Waals surface area contributed by atoms with E-state index in [1.165, 1.54) is 16.7 Å². The van der Waals surface area contributed by atoms with Gasteiger partial charge in [0.1, 0.15) is 5.75 Å². The van der Waals surface area contributed by atoms with E-state index in [0.29, 0.717) is 0 Å². The van der Waals surface area contributed by atoms with Gasteiger partial charge in [0.25, 0.3) is 0 Å². The molecule has 2 nitrogen and oxygen atoms in total. The van der Waals surface area contributed by atoms with Gasteiger partial charge in [-0.25, -0.2) is 4.42 Å². The first-order chi connectivity index (χ1) is 16.8. The number of methoxy groups -OCH3 is 1. The van der Waals surface area contributed by atoms with Crippen molar-refractivity contribution in [3.05, 3.63) is 108 Å². The van der Waals surface area contributed by atoms with Crippen LogP contribution in [0.5, 0.6) is 5.75 Å². The van der Waals surface area contributed by atoms with Crippen LogP contribution in [0, 0.1) is 0 Å². The number of ether oxygens (including phenoxy) is 1. The predicted molar refractivity (Wildman–Crippen MR) is 135 cm³/mol. The van der Waals surface area contributed by atoms with E-state index < -0.39 is 7.25 Å². The van der Waals surface area contributed by atoms with Gasteiger partial charge < -0.3 is 22.0 Å². The van der Waals surface area contributed by atoms with Gasteiger partial charge in [0.2, 0.25) is 0 Å². The molecule has 0 amide bonds. The van der Waals surface area contributed by atoms with Crippen LogP contribution in [0.25, 0.3) is 34.1 Å². The summed E-state index contributed by atoms with van der Waals surface area (Å²) in [6.07, 6.45) is 3.04. The second-order valence-corrected chi connectivity index (χ2v) is 7.59. The van der Waals surface area contributed by atoms with Gasteiger partial charge in [-0.1, -0.05) is 67.6 Å². The number of benzene rings is 3. The van der Waals surface area contributed by atoms with Crippen LogP contribution in [-0.2, 0) is 0 Å². The van der Waals surface area contributed by atoms with E-state index in [1.54, 1.807) is 7.11 Å². The minimum Gasteiger partial charge on any atom is -0.497 e. The van der Waals surface area contributed by atoms with Crippen molar-refractivity contribution in [2.75, 3.05) is 7.11 Å². The zero-order valence-corrected chi connectivity index (χ0v) is 19.4. The zero-order chi connectivity index (χ0) is 25.3. The standard InChI is InChI=1S/C28H25O2.BF4/c1-3-21(23-14-16-26(29-2)17-15-23)18-27-19-25(22-10-6-4-7-11-22)20-28(30-27)24-12-8-5-9-13-24;2-1(3,4)5/h4-20H,3H2,1-2H3;/q+1;-1. The molecular weight excluding hydrogens is 455 g/mol. The zero-order valence-electron chi connectivity index (χ0n) is 19.4. The van der Waals surface area contributed by atoms with Gasteiger partial charge in [-0.2, -0.15) is 0 Å². The van der Waals surface area contributed by atoms with E-state index in [9.17, 15) is 17.3 Å². The highest BCUT2D eigenvalue weighted by Crippen LogP contribution is 2.31. The Hall–Kier alpha value is -3.87. The van der Waals surface area contributed by atoms with Crippen LogP contribution in [0.3, 0.4) is 0 Å². The SMILES string of the molecule is CCC(=Cc1cc(-c2ccccc2)cc(-c2ccccc2)[o+]1)c1ccc(OC)cc1.F[B-](F)(F)F. The van der Waals surface area contributed by atoms with Gasteiger partial charge in [0.15, 0.2) is 0 Å². The van der Waals surface area contributed by atoms with Crippen molar-refractivity contribution in [1.29, 1.82) is 0 Å². The molecule has 0 saturated heterocycles. The summed E-state index contributed by atoms with van der Waals surface area (Å²) in [5.74, 6) is 2.55. The van der Waals surface area contributed by atoms with E-state index in [-0.39, 0.29) is 0 Å². The molecule has 4 aromatic rings. The van der Waals surface area contributed by atoms with Crippen molar-refractivity contribution in [1.82, 2.24) is 0 Å². The van der Waals surface area contributed by atoms with Crippen LogP contribution >= 0.6 is 0 Å². The summed E-state index contributed by atoms with van der Waals surface area (Å²) >= 11 is 0. The maximum atomic E-state index is 9.75. The number of allylic oxidation sites excluding steroid dienone is 1. The van der Waals surface area contributed by atoms with Crippen molar-refractivity contribution in [3.8, 4) is 28.2 Å². The van der Waals surface area contributed by atoms with Crippen LogP contribution in [0.1, 0.15) is 24.7 Å². The van der Waals surface area contributed by atoms with E-state index >= 15 is 0 Å². The first kappa shape index (κ1) is 25.8. The summed E-state index contributed by atoms with van der Waals surface area (Å²) in [5.41, 5.74) is 5.75. The molecule has 0 aliphatic heterocycles. The van der Waals surface area contributed by atoms with Crippen molar-refractivity contribution < 1.29 is 26.4 Å². The molecule has 0 spiro atoms. The third kappa shape index (κ3) is 8.14. The highest BCUT2D eigenvalue weighted by atomic mass is 19.5. The molecule has 0 N–H and O–H groups in total. The Bertz CT molecular complexity index is 1180. The molecule has 0 atom stereocenters. The van der Waals surface area contributed by atoms with Crippen LogP contribution in [-0.4, -0.2) is 14.4 Å². The van der Waals surface area contributed by atoms with E-state index in [1.807, 2.05) is 36.4 Å². The highest BCUT2D eigenvalue weighted by molar-refractivity contribution is 6.50. The average Bonchev–Trinajstić information content (AvgIpc) is 2.87. The highest BCUT2D eigenvalue weighted by Gasteiger charge is 2.20. The molecule has 4 rings (SSSR count). The van der Waals surface area contributed by atoms with Gasteiger partial charge in [-0.15, -0.1) is 0 Å². The topological polar surface area (TPSA) is 20.5 Å². The number of hydrogen-bond acceptors (Lipinski definition) is 1. The number of halogens is 4. The van der Waals surface area contributed by atoms with E-state index in [2.05, 4.69) is 73.7 Å². The van der Waals surface area contributed by atoms with Crippen LogP contribution in [0.15, 0.2) is 101 Å². The lowest BCUT2D eigenvalue weighted by Crippen LogP contribution is -2.02. The van der Waals surface area contributed by atoms with Crippen LogP contribution < -0.4 is 4.74 Å². The number of rotatable bonds is 6. The second-order valence-electron chi connectivity index (χ2n) is 7.59. The summed E-state index contributed by atoms with van der Waals surface area (Å²) in [6.45, 7) is 2.16. The van der Waals surface area contributed by atoms with Gasteiger partial charge in [-0.3, -0.25) is 0 Å². The largest absolute Gasteiger partial charge is 0.673 e. The molecule has 0 aliphatic rings. The van der Waals surface area contributed by atoms with E-state index in [4.69, 9.17) is 9.15 Å². The lowest BCUT2D eigenvalue weighted by atomic mass is 10.00. The molecule has 0 saturated carbocycles. The Kier molecular flexibility index (Phi) is 8.84. The molecule has 35 heavy (non-hydrogen) atoms. The van der Waals surface area contributed by atoms with Crippen LogP contribution in [0.4, 0.5) is 17.3 Å². The monoisotopic (exact) mass is 480 g/mol. The van der Waals surface area contributed by atoms with Gasteiger partial charge >= 0.3 is 18.8 Å². The molecule has 3 aromatic carbocycles. The normalized spacial score (nSPS) is 11.4. The average molecular weight is 480 g/mol. The fourth-order valence-corrected chi connectivity index (χ4v) is 3.50.